The molecule has 9 heteroatoms. The van der Waals surface area contributed by atoms with Crippen LogP contribution in [0, 0.1) is 0 Å². The molecule has 2 atom stereocenters. The minimum absolute atomic E-state index is 0.110. The highest BCUT2D eigenvalue weighted by atomic mass is 35.5. The van der Waals surface area contributed by atoms with Gasteiger partial charge in [0.1, 0.15) is 18.8 Å². The van der Waals surface area contributed by atoms with Gasteiger partial charge in [-0.1, -0.05) is 35.9 Å². The van der Waals surface area contributed by atoms with Gasteiger partial charge in [-0.25, -0.2) is 14.6 Å². The molecule has 1 aliphatic rings. The summed E-state index contributed by atoms with van der Waals surface area (Å²) in [5.41, 5.74) is 7.53. The molecule has 29 heavy (non-hydrogen) atoms. The molecular formula is C20H22ClFN4O3. The first-order valence-corrected chi connectivity index (χ1v) is 9.45. The van der Waals surface area contributed by atoms with Crippen LogP contribution in [0.4, 0.5) is 14.9 Å². The Morgan fingerprint density at radius 2 is 1.83 bits per heavy atom. The van der Waals surface area contributed by atoms with Crippen molar-refractivity contribution in [1.82, 2.24) is 15.8 Å². The number of carbonyl (C=O) groups is 2. The molecule has 2 amide bonds. The number of alkyl halides is 1. The van der Waals surface area contributed by atoms with Crippen molar-refractivity contribution < 1.29 is 18.7 Å². The van der Waals surface area contributed by atoms with Gasteiger partial charge in [0.25, 0.3) is 0 Å². The first-order valence-electron chi connectivity index (χ1n) is 9.07. The average Bonchev–Trinajstić information content (AvgIpc) is 3.14. The summed E-state index contributed by atoms with van der Waals surface area (Å²) in [4.78, 5) is 25.7. The van der Waals surface area contributed by atoms with E-state index in [2.05, 4.69) is 16.2 Å². The van der Waals surface area contributed by atoms with Crippen LogP contribution in [-0.4, -0.2) is 42.7 Å². The van der Waals surface area contributed by atoms with Crippen molar-refractivity contribution in [1.29, 1.82) is 0 Å². The Bertz CT molecular complexity index is 848. The number of halogens is 2. The Morgan fingerprint density at radius 1 is 1.17 bits per heavy atom. The lowest BCUT2D eigenvalue weighted by Crippen LogP contribution is -2.46. The fraction of sp³-hybridized carbons (Fsp3) is 0.300. The zero-order chi connectivity index (χ0) is 20.8. The van der Waals surface area contributed by atoms with E-state index in [0.29, 0.717) is 17.3 Å². The second-order valence-electron chi connectivity index (χ2n) is 6.74. The average molecular weight is 421 g/mol. The number of amides is 2. The smallest absolute Gasteiger partial charge is 0.411 e. The van der Waals surface area contributed by atoms with Crippen LogP contribution in [-0.2, 0) is 22.7 Å². The van der Waals surface area contributed by atoms with Crippen molar-refractivity contribution in [3.05, 3.63) is 64.7 Å². The molecule has 0 aliphatic carbocycles. The number of nitrogens with one attached hydrogen (secondary N) is 3. The van der Waals surface area contributed by atoms with Gasteiger partial charge in [0.15, 0.2) is 0 Å². The Kier molecular flexibility index (Phi) is 7.03. The van der Waals surface area contributed by atoms with Gasteiger partial charge in [-0.05, 0) is 35.4 Å². The van der Waals surface area contributed by atoms with Gasteiger partial charge in [-0.2, -0.15) is 0 Å². The molecule has 0 spiro atoms. The maximum absolute atomic E-state index is 13.7. The topological polar surface area (TPSA) is 82.7 Å². The second-order valence-corrected chi connectivity index (χ2v) is 7.17. The fourth-order valence-corrected chi connectivity index (χ4v) is 2.98. The number of rotatable bonds is 6. The number of carbonyl (C=O) groups excluding carboxylic acids is 2. The van der Waals surface area contributed by atoms with Gasteiger partial charge >= 0.3 is 6.09 Å². The van der Waals surface area contributed by atoms with Crippen LogP contribution in [0.1, 0.15) is 11.1 Å². The molecule has 3 N–H and O–H groups in total. The maximum atomic E-state index is 13.7. The van der Waals surface area contributed by atoms with Crippen LogP contribution >= 0.6 is 11.6 Å². The number of hydrogen-bond acceptors (Lipinski definition) is 5. The quantitative estimate of drug-likeness (QED) is 0.669. The van der Waals surface area contributed by atoms with E-state index in [4.69, 9.17) is 16.3 Å². The third-order valence-electron chi connectivity index (χ3n) is 4.46. The van der Waals surface area contributed by atoms with Gasteiger partial charge in [0, 0.05) is 30.8 Å². The summed E-state index contributed by atoms with van der Waals surface area (Å²) in [6.45, 7) is 0.567. The lowest BCUT2D eigenvalue weighted by Gasteiger charge is -2.22. The molecule has 0 saturated carbocycles. The molecule has 7 nitrogen and oxygen atoms in total. The summed E-state index contributed by atoms with van der Waals surface area (Å²) in [5.74, 6) is -0.324. The molecule has 1 heterocycles. The third-order valence-corrected chi connectivity index (χ3v) is 4.71. The highest BCUT2D eigenvalue weighted by Crippen LogP contribution is 2.14. The van der Waals surface area contributed by atoms with Crippen molar-refractivity contribution in [2.75, 3.05) is 18.9 Å². The third kappa shape index (κ3) is 5.90. The summed E-state index contributed by atoms with van der Waals surface area (Å²) in [7, 11) is 1.62. The number of likely N-dealkylation sites (N-methyl/N-ethyl adjacent to an activating group) is 1. The number of anilines is 1. The lowest BCUT2D eigenvalue weighted by molar-refractivity contribution is -0.133. The van der Waals surface area contributed by atoms with E-state index in [0.717, 1.165) is 11.1 Å². The van der Waals surface area contributed by atoms with Crippen LogP contribution < -0.4 is 16.2 Å². The molecular weight excluding hydrogens is 399 g/mol. The van der Waals surface area contributed by atoms with E-state index >= 15 is 0 Å². The predicted molar refractivity (Wildman–Crippen MR) is 108 cm³/mol. The van der Waals surface area contributed by atoms with E-state index in [1.54, 1.807) is 55.6 Å². The maximum Gasteiger partial charge on any atom is 0.411 e. The summed E-state index contributed by atoms with van der Waals surface area (Å²) >= 11 is 5.82. The standard InChI is InChI=1S/C20H22ClFN4O3/c1-26(19(27)18-17(22)10-23-25-18)11-13-4-8-16(9-5-13)24-20(28)29-12-14-2-6-15(21)7-3-14/h2-9,17-18,23,25H,10-12H2,1H3,(H,24,28). The molecule has 3 rings (SSSR count). The van der Waals surface area contributed by atoms with Gasteiger partial charge in [-0.3, -0.25) is 15.5 Å². The molecule has 2 aromatic rings. The molecule has 0 radical (unpaired) electrons. The van der Waals surface area contributed by atoms with Crippen LogP contribution in [0.25, 0.3) is 0 Å². The predicted octanol–water partition coefficient (Wildman–Crippen LogP) is 2.86. The minimum Gasteiger partial charge on any atom is -0.444 e. The van der Waals surface area contributed by atoms with E-state index in [1.807, 2.05) is 0 Å². The van der Waals surface area contributed by atoms with Crippen LogP contribution in [0.5, 0.6) is 0 Å². The zero-order valence-electron chi connectivity index (χ0n) is 15.8. The summed E-state index contributed by atoms with van der Waals surface area (Å²) in [6, 6.07) is 13.1. The number of hydrazine groups is 1. The van der Waals surface area contributed by atoms with E-state index < -0.39 is 18.3 Å². The van der Waals surface area contributed by atoms with Crippen molar-refractivity contribution in [2.24, 2.45) is 0 Å². The van der Waals surface area contributed by atoms with Crippen molar-refractivity contribution >= 4 is 29.3 Å². The van der Waals surface area contributed by atoms with Crippen LogP contribution in [0.2, 0.25) is 5.02 Å². The molecule has 1 aliphatic heterocycles. The number of hydrogen-bond donors (Lipinski definition) is 3. The first-order chi connectivity index (χ1) is 13.9. The summed E-state index contributed by atoms with van der Waals surface area (Å²) < 4.78 is 18.8. The summed E-state index contributed by atoms with van der Waals surface area (Å²) in [6.07, 6.45) is -1.83. The Balaban J connectivity index is 1.47. The molecule has 2 aromatic carbocycles. The minimum atomic E-state index is -1.25. The van der Waals surface area contributed by atoms with E-state index in [-0.39, 0.29) is 19.1 Å². The van der Waals surface area contributed by atoms with Gasteiger partial charge in [0.05, 0.1) is 0 Å². The van der Waals surface area contributed by atoms with Gasteiger partial charge < -0.3 is 9.64 Å². The summed E-state index contributed by atoms with van der Waals surface area (Å²) in [5, 5.41) is 3.26. The monoisotopic (exact) mass is 420 g/mol. The van der Waals surface area contributed by atoms with Gasteiger partial charge in [0.2, 0.25) is 5.91 Å². The van der Waals surface area contributed by atoms with E-state index in [9.17, 15) is 14.0 Å². The Labute approximate surface area is 173 Å². The van der Waals surface area contributed by atoms with Crippen LogP contribution in [0.3, 0.4) is 0 Å². The number of benzene rings is 2. The first kappa shape index (κ1) is 21.0. The van der Waals surface area contributed by atoms with E-state index in [1.165, 1.54) is 4.90 Å². The molecule has 0 aromatic heterocycles. The second kappa shape index (κ2) is 9.69. The number of nitrogens with zero attached hydrogens (tertiary/aromatic N) is 1. The molecule has 0 bridgehead atoms. The molecule has 154 valence electrons. The zero-order valence-corrected chi connectivity index (χ0v) is 16.6. The molecule has 1 saturated heterocycles. The number of ether oxygens (including phenoxy) is 1. The van der Waals surface area contributed by atoms with Crippen molar-refractivity contribution in [3.63, 3.8) is 0 Å². The van der Waals surface area contributed by atoms with Crippen molar-refractivity contribution in [3.8, 4) is 0 Å². The van der Waals surface area contributed by atoms with Gasteiger partial charge in [-0.15, -0.1) is 0 Å². The molecule has 1 fully saturated rings. The highest BCUT2D eigenvalue weighted by Gasteiger charge is 2.34. The fourth-order valence-electron chi connectivity index (χ4n) is 2.86. The van der Waals surface area contributed by atoms with Crippen LogP contribution in [0.15, 0.2) is 48.5 Å². The normalized spacial score (nSPS) is 18.3. The highest BCUT2D eigenvalue weighted by molar-refractivity contribution is 6.30. The Morgan fingerprint density at radius 3 is 2.45 bits per heavy atom. The lowest BCUT2D eigenvalue weighted by atomic mass is 10.1. The SMILES string of the molecule is CN(Cc1ccc(NC(=O)OCc2ccc(Cl)cc2)cc1)C(=O)C1NNCC1F. The van der Waals surface area contributed by atoms with Crippen molar-refractivity contribution in [2.45, 2.75) is 25.4 Å². The Hall–Kier alpha value is -2.68. The molecule has 2 unspecified atom stereocenters. The largest absolute Gasteiger partial charge is 0.444 e.